The first kappa shape index (κ1) is 18.7. The smallest absolute Gasteiger partial charge is 0.255 e. The molecule has 0 aliphatic carbocycles. The van der Waals surface area contributed by atoms with Crippen molar-refractivity contribution in [3.8, 4) is 0 Å². The molecule has 7 heteroatoms. The molecule has 0 saturated carbocycles. The van der Waals surface area contributed by atoms with Gasteiger partial charge in [0, 0.05) is 40.9 Å². The van der Waals surface area contributed by atoms with Crippen LogP contribution in [-0.4, -0.2) is 17.7 Å². The highest BCUT2D eigenvalue weighted by Gasteiger charge is 2.11. The molecule has 6 nitrogen and oxygen atoms in total. The first-order valence-electron chi connectivity index (χ1n) is 7.52. The maximum atomic E-state index is 12.5. The SMILES string of the molecule is CC(=O)Nc1cc(NC(C)=O)cc(C(=O)Nc2ccc(Br)c(C)c2)c1. The molecule has 0 aromatic heterocycles. The van der Waals surface area contributed by atoms with Crippen molar-refractivity contribution in [3.63, 3.8) is 0 Å². The number of aryl methyl sites for hydroxylation is 1. The maximum Gasteiger partial charge on any atom is 0.255 e. The molecule has 25 heavy (non-hydrogen) atoms. The van der Waals surface area contributed by atoms with Crippen LogP contribution in [0.3, 0.4) is 0 Å². The minimum Gasteiger partial charge on any atom is -0.326 e. The second-order valence-electron chi connectivity index (χ2n) is 5.58. The van der Waals surface area contributed by atoms with Gasteiger partial charge in [-0.05, 0) is 48.9 Å². The summed E-state index contributed by atoms with van der Waals surface area (Å²) in [5.41, 5.74) is 2.81. The molecule has 0 heterocycles. The molecule has 0 fully saturated rings. The maximum absolute atomic E-state index is 12.5. The number of anilines is 3. The van der Waals surface area contributed by atoms with Crippen molar-refractivity contribution in [2.75, 3.05) is 16.0 Å². The summed E-state index contributed by atoms with van der Waals surface area (Å²) < 4.78 is 0.950. The zero-order valence-electron chi connectivity index (χ0n) is 14.1. The van der Waals surface area contributed by atoms with E-state index in [0.29, 0.717) is 22.6 Å². The molecule has 130 valence electrons. The molecular formula is C18H18BrN3O3. The Hall–Kier alpha value is -2.67. The number of amides is 3. The van der Waals surface area contributed by atoms with Crippen LogP contribution in [0.25, 0.3) is 0 Å². The fourth-order valence-corrected chi connectivity index (χ4v) is 2.48. The third-order valence-electron chi connectivity index (χ3n) is 3.25. The van der Waals surface area contributed by atoms with Crippen LogP contribution < -0.4 is 16.0 Å². The number of nitrogens with one attached hydrogen (secondary N) is 3. The van der Waals surface area contributed by atoms with Gasteiger partial charge in [-0.25, -0.2) is 0 Å². The van der Waals surface area contributed by atoms with Crippen molar-refractivity contribution < 1.29 is 14.4 Å². The summed E-state index contributed by atoms with van der Waals surface area (Å²) in [5, 5.41) is 8.04. The molecule has 0 aliphatic heterocycles. The Morgan fingerprint density at radius 3 is 1.84 bits per heavy atom. The molecule has 2 aromatic carbocycles. The summed E-state index contributed by atoms with van der Waals surface area (Å²) in [6, 6.07) is 10.2. The van der Waals surface area contributed by atoms with Crippen LogP contribution in [0.2, 0.25) is 0 Å². The van der Waals surface area contributed by atoms with Crippen LogP contribution in [0, 0.1) is 6.92 Å². The zero-order chi connectivity index (χ0) is 18.6. The van der Waals surface area contributed by atoms with E-state index >= 15 is 0 Å². The standard InChI is InChI=1S/C18H18BrN3O3/c1-10-6-14(4-5-17(10)19)22-18(25)13-7-15(20-11(2)23)9-16(8-13)21-12(3)24/h4-9H,1-3H3,(H,20,23)(H,21,24)(H,22,25). The van der Waals surface area contributed by atoms with E-state index in [1.807, 2.05) is 19.1 Å². The number of carbonyl (C=O) groups excluding carboxylic acids is 3. The van der Waals surface area contributed by atoms with E-state index in [0.717, 1.165) is 10.0 Å². The van der Waals surface area contributed by atoms with Gasteiger partial charge < -0.3 is 16.0 Å². The third-order valence-corrected chi connectivity index (χ3v) is 4.14. The summed E-state index contributed by atoms with van der Waals surface area (Å²) in [4.78, 5) is 35.1. The summed E-state index contributed by atoms with van der Waals surface area (Å²) in [7, 11) is 0. The van der Waals surface area contributed by atoms with Crippen LogP contribution in [-0.2, 0) is 9.59 Å². The van der Waals surface area contributed by atoms with Crippen LogP contribution in [0.5, 0.6) is 0 Å². The van der Waals surface area contributed by atoms with Gasteiger partial charge in [0.15, 0.2) is 0 Å². The Labute approximate surface area is 154 Å². The Bertz CT molecular complexity index is 815. The van der Waals surface area contributed by atoms with Crippen molar-refractivity contribution in [2.45, 2.75) is 20.8 Å². The zero-order valence-corrected chi connectivity index (χ0v) is 15.7. The highest BCUT2D eigenvalue weighted by Crippen LogP contribution is 2.23. The van der Waals surface area contributed by atoms with Gasteiger partial charge in [0.1, 0.15) is 0 Å². The van der Waals surface area contributed by atoms with Crippen LogP contribution in [0.4, 0.5) is 17.1 Å². The first-order valence-corrected chi connectivity index (χ1v) is 8.31. The van der Waals surface area contributed by atoms with E-state index in [1.165, 1.54) is 13.8 Å². The lowest BCUT2D eigenvalue weighted by molar-refractivity contribution is -0.115. The Balaban J connectivity index is 2.31. The molecule has 0 atom stereocenters. The lowest BCUT2D eigenvalue weighted by atomic mass is 10.1. The van der Waals surface area contributed by atoms with Gasteiger partial charge >= 0.3 is 0 Å². The summed E-state index contributed by atoms with van der Waals surface area (Å²) >= 11 is 3.41. The van der Waals surface area contributed by atoms with Gasteiger partial charge in [-0.2, -0.15) is 0 Å². The molecule has 0 unspecified atom stereocenters. The van der Waals surface area contributed by atoms with Crippen molar-refractivity contribution >= 4 is 50.7 Å². The van der Waals surface area contributed by atoms with E-state index in [1.54, 1.807) is 24.3 Å². The lowest BCUT2D eigenvalue weighted by Crippen LogP contribution is -2.15. The molecule has 0 saturated heterocycles. The van der Waals surface area contributed by atoms with E-state index in [4.69, 9.17) is 0 Å². The molecule has 0 radical (unpaired) electrons. The number of halogens is 1. The monoisotopic (exact) mass is 403 g/mol. The highest BCUT2D eigenvalue weighted by molar-refractivity contribution is 9.10. The van der Waals surface area contributed by atoms with Crippen molar-refractivity contribution in [3.05, 3.63) is 52.0 Å². The van der Waals surface area contributed by atoms with Gasteiger partial charge in [-0.15, -0.1) is 0 Å². The average molecular weight is 404 g/mol. The first-order chi connectivity index (χ1) is 11.7. The molecule has 0 aliphatic rings. The number of carbonyl (C=O) groups is 3. The summed E-state index contributed by atoms with van der Waals surface area (Å²) in [6.45, 7) is 4.66. The molecule has 3 amide bonds. The third kappa shape index (κ3) is 5.42. The largest absolute Gasteiger partial charge is 0.326 e. The quantitative estimate of drug-likeness (QED) is 0.722. The van der Waals surface area contributed by atoms with Gasteiger partial charge in [-0.1, -0.05) is 15.9 Å². The predicted molar refractivity (Wildman–Crippen MR) is 102 cm³/mol. The molecule has 3 N–H and O–H groups in total. The topological polar surface area (TPSA) is 87.3 Å². The van der Waals surface area contributed by atoms with Crippen molar-refractivity contribution in [2.24, 2.45) is 0 Å². The van der Waals surface area contributed by atoms with E-state index in [-0.39, 0.29) is 17.7 Å². The Kier molecular flexibility index (Phi) is 5.93. The molecule has 0 bridgehead atoms. The number of hydrogen-bond donors (Lipinski definition) is 3. The van der Waals surface area contributed by atoms with E-state index in [2.05, 4.69) is 31.9 Å². The summed E-state index contributed by atoms with van der Waals surface area (Å²) in [5.74, 6) is -0.884. The van der Waals surface area contributed by atoms with Crippen LogP contribution in [0.15, 0.2) is 40.9 Å². The highest BCUT2D eigenvalue weighted by atomic mass is 79.9. The van der Waals surface area contributed by atoms with Gasteiger partial charge in [0.2, 0.25) is 11.8 Å². The minimum absolute atomic E-state index is 0.269. The molecule has 0 spiro atoms. The normalized spacial score (nSPS) is 10.1. The Morgan fingerprint density at radius 2 is 1.36 bits per heavy atom. The van der Waals surface area contributed by atoms with E-state index < -0.39 is 0 Å². The molecule has 2 aromatic rings. The van der Waals surface area contributed by atoms with Gasteiger partial charge in [0.25, 0.3) is 5.91 Å². The minimum atomic E-state index is -0.347. The molecular weight excluding hydrogens is 386 g/mol. The van der Waals surface area contributed by atoms with Crippen LogP contribution in [0.1, 0.15) is 29.8 Å². The lowest BCUT2D eigenvalue weighted by Gasteiger charge is -2.11. The van der Waals surface area contributed by atoms with Crippen molar-refractivity contribution in [1.82, 2.24) is 0 Å². The Morgan fingerprint density at radius 1 is 0.800 bits per heavy atom. The van der Waals surface area contributed by atoms with Crippen LogP contribution >= 0.6 is 15.9 Å². The second kappa shape index (κ2) is 7.94. The summed E-state index contributed by atoms with van der Waals surface area (Å²) in [6.07, 6.45) is 0. The fourth-order valence-electron chi connectivity index (χ4n) is 2.24. The number of hydrogen-bond acceptors (Lipinski definition) is 3. The predicted octanol–water partition coefficient (Wildman–Crippen LogP) is 3.93. The number of rotatable bonds is 4. The second-order valence-corrected chi connectivity index (χ2v) is 6.43. The van der Waals surface area contributed by atoms with Crippen molar-refractivity contribution in [1.29, 1.82) is 0 Å². The average Bonchev–Trinajstić information content (AvgIpc) is 2.49. The van der Waals surface area contributed by atoms with Gasteiger partial charge in [0.05, 0.1) is 0 Å². The number of benzene rings is 2. The van der Waals surface area contributed by atoms with Gasteiger partial charge in [-0.3, -0.25) is 14.4 Å². The van der Waals surface area contributed by atoms with E-state index in [9.17, 15) is 14.4 Å². The molecule has 2 rings (SSSR count). The fraction of sp³-hybridized carbons (Fsp3) is 0.167.